The van der Waals surface area contributed by atoms with Gasteiger partial charge in [-0.2, -0.15) is 0 Å². The van der Waals surface area contributed by atoms with Crippen molar-refractivity contribution in [3.05, 3.63) is 29.8 Å². The average Bonchev–Trinajstić information content (AvgIpc) is 2.39. The molecule has 1 aliphatic rings. The lowest BCUT2D eigenvalue weighted by molar-refractivity contribution is 0.0794. The summed E-state index contributed by atoms with van der Waals surface area (Å²) in [5.74, 6) is 0.293. The molecule has 1 fully saturated rings. The van der Waals surface area contributed by atoms with Gasteiger partial charge < -0.3 is 5.73 Å². The highest BCUT2D eigenvalue weighted by atomic mass is 19.1. The molecule has 0 amide bonds. The Morgan fingerprint density at radius 3 is 2.89 bits per heavy atom. The van der Waals surface area contributed by atoms with Gasteiger partial charge in [0.1, 0.15) is 5.82 Å². The first kappa shape index (κ1) is 13.4. The molecule has 3 atom stereocenters. The van der Waals surface area contributed by atoms with Crippen LogP contribution in [0.4, 0.5) is 4.39 Å². The van der Waals surface area contributed by atoms with E-state index in [9.17, 15) is 4.39 Å². The number of likely N-dealkylation sites (tertiary alicyclic amines) is 1. The quantitative estimate of drug-likeness (QED) is 0.896. The van der Waals surface area contributed by atoms with Crippen LogP contribution in [0.25, 0.3) is 0 Å². The lowest BCUT2D eigenvalue weighted by Crippen LogP contribution is -2.45. The summed E-state index contributed by atoms with van der Waals surface area (Å²) in [5, 5.41) is 0. The summed E-state index contributed by atoms with van der Waals surface area (Å²) in [5.41, 5.74) is 6.71. The van der Waals surface area contributed by atoms with E-state index in [1.165, 1.54) is 25.1 Å². The standard InChI is InChI=1S/C14H22FN3/c1-10-3-4-12(7-16)9-18(10)11(2)14-6-5-13(15)8-17-14/h5-6,8,10-12H,3-4,7,9,16H2,1-2H3. The predicted octanol–water partition coefficient (Wildman–Crippen LogP) is 2.34. The van der Waals surface area contributed by atoms with Crippen LogP contribution in [0.1, 0.15) is 38.4 Å². The van der Waals surface area contributed by atoms with Crippen LogP contribution in [0.2, 0.25) is 0 Å². The summed E-state index contributed by atoms with van der Waals surface area (Å²) in [7, 11) is 0. The van der Waals surface area contributed by atoms with E-state index in [0.29, 0.717) is 12.0 Å². The van der Waals surface area contributed by atoms with Crippen LogP contribution in [0.15, 0.2) is 18.3 Å². The largest absolute Gasteiger partial charge is 0.330 e. The molecule has 100 valence electrons. The minimum absolute atomic E-state index is 0.218. The molecule has 3 unspecified atom stereocenters. The Bertz CT molecular complexity index is 379. The molecule has 0 bridgehead atoms. The zero-order valence-electron chi connectivity index (χ0n) is 11.1. The van der Waals surface area contributed by atoms with Gasteiger partial charge in [-0.15, -0.1) is 0 Å². The highest BCUT2D eigenvalue weighted by Gasteiger charge is 2.29. The third kappa shape index (κ3) is 2.87. The maximum Gasteiger partial charge on any atom is 0.141 e. The van der Waals surface area contributed by atoms with Crippen molar-refractivity contribution in [3.8, 4) is 0 Å². The summed E-state index contributed by atoms with van der Waals surface area (Å²) >= 11 is 0. The van der Waals surface area contributed by atoms with Gasteiger partial charge in [-0.1, -0.05) is 0 Å². The van der Waals surface area contributed by atoms with Gasteiger partial charge in [-0.3, -0.25) is 9.88 Å². The van der Waals surface area contributed by atoms with Gasteiger partial charge in [0, 0.05) is 18.6 Å². The Kier molecular flexibility index (Phi) is 4.30. The average molecular weight is 251 g/mol. The molecule has 1 saturated heterocycles. The molecular weight excluding hydrogens is 229 g/mol. The first-order chi connectivity index (χ1) is 8.61. The summed E-state index contributed by atoms with van der Waals surface area (Å²) in [6, 6.07) is 4.01. The van der Waals surface area contributed by atoms with Crippen LogP contribution < -0.4 is 5.73 Å². The zero-order valence-corrected chi connectivity index (χ0v) is 11.1. The minimum atomic E-state index is -0.280. The Labute approximate surface area is 108 Å². The summed E-state index contributed by atoms with van der Waals surface area (Å²) < 4.78 is 12.9. The van der Waals surface area contributed by atoms with Crippen molar-refractivity contribution in [1.29, 1.82) is 0 Å². The van der Waals surface area contributed by atoms with Gasteiger partial charge in [0.05, 0.1) is 11.9 Å². The first-order valence-electron chi connectivity index (χ1n) is 6.69. The number of aromatic nitrogens is 1. The van der Waals surface area contributed by atoms with Crippen LogP contribution in [0.3, 0.4) is 0 Å². The maximum absolute atomic E-state index is 12.9. The molecule has 4 heteroatoms. The van der Waals surface area contributed by atoms with E-state index < -0.39 is 0 Å². The minimum Gasteiger partial charge on any atom is -0.330 e. The van der Waals surface area contributed by atoms with E-state index in [1.807, 2.05) is 0 Å². The fourth-order valence-corrected chi connectivity index (χ4v) is 2.75. The molecule has 1 aromatic rings. The second-order valence-electron chi connectivity index (χ2n) is 5.30. The van der Waals surface area contributed by atoms with Gasteiger partial charge in [0.15, 0.2) is 0 Å². The van der Waals surface area contributed by atoms with E-state index >= 15 is 0 Å². The third-order valence-electron chi connectivity index (χ3n) is 4.04. The van der Waals surface area contributed by atoms with E-state index in [-0.39, 0.29) is 11.9 Å². The molecule has 18 heavy (non-hydrogen) atoms. The molecule has 1 aliphatic heterocycles. The number of nitrogens with zero attached hydrogens (tertiary/aromatic N) is 2. The highest BCUT2D eigenvalue weighted by Crippen LogP contribution is 2.29. The van der Waals surface area contributed by atoms with Crippen LogP contribution in [-0.4, -0.2) is 29.0 Å². The van der Waals surface area contributed by atoms with Gasteiger partial charge in [-0.05, 0) is 51.3 Å². The molecule has 0 aliphatic carbocycles. The Hall–Kier alpha value is -1.00. The number of halogens is 1. The van der Waals surface area contributed by atoms with E-state index in [0.717, 1.165) is 18.8 Å². The lowest BCUT2D eigenvalue weighted by atomic mass is 9.92. The van der Waals surface area contributed by atoms with E-state index in [4.69, 9.17) is 5.73 Å². The second kappa shape index (κ2) is 5.76. The second-order valence-corrected chi connectivity index (χ2v) is 5.30. The Balaban J connectivity index is 2.11. The molecule has 0 saturated carbocycles. The number of pyridine rings is 1. The Morgan fingerprint density at radius 2 is 2.28 bits per heavy atom. The van der Waals surface area contributed by atoms with E-state index in [1.54, 1.807) is 6.07 Å². The van der Waals surface area contributed by atoms with Crippen LogP contribution >= 0.6 is 0 Å². The fourth-order valence-electron chi connectivity index (χ4n) is 2.75. The third-order valence-corrected chi connectivity index (χ3v) is 4.04. The maximum atomic E-state index is 12.9. The van der Waals surface area contributed by atoms with Crippen molar-refractivity contribution in [2.24, 2.45) is 11.7 Å². The van der Waals surface area contributed by atoms with Crippen LogP contribution in [-0.2, 0) is 0 Å². The van der Waals surface area contributed by atoms with Gasteiger partial charge in [0.25, 0.3) is 0 Å². The molecule has 2 N–H and O–H groups in total. The number of hydrogen-bond acceptors (Lipinski definition) is 3. The molecule has 2 rings (SSSR count). The summed E-state index contributed by atoms with van der Waals surface area (Å²) in [6.45, 7) is 6.13. The molecule has 1 aromatic heterocycles. The van der Waals surface area contributed by atoms with Gasteiger partial charge in [-0.25, -0.2) is 4.39 Å². The molecule has 0 spiro atoms. The van der Waals surface area contributed by atoms with E-state index in [2.05, 4.69) is 23.7 Å². The first-order valence-corrected chi connectivity index (χ1v) is 6.69. The summed E-state index contributed by atoms with van der Waals surface area (Å²) in [4.78, 5) is 6.62. The Morgan fingerprint density at radius 1 is 1.50 bits per heavy atom. The molecule has 0 aromatic carbocycles. The number of hydrogen-bond donors (Lipinski definition) is 1. The topological polar surface area (TPSA) is 42.1 Å². The number of rotatable bonds is 3. The van der Waals surface area contributed by atoms with Crippen molar-refractivity contribution in [3.63, 3.8) is 0 Å². The predicted molar refractivity (Wildman–Crippen MR) is 70.6 cm³/mol. The van der Waals surface area contributed by atoms with Crippen molar-refractivity contribution in [2.45, 2.75) is 38.8 Å². The highest BCUT2D eigenvalue weighted by molar-refractivity contribution is 5.10. The van der Waals surface area contributed by atoms with Crippen molar-refractivity contribution in [1.82, 2.24) is 9.88 Å². The fraction of sp³-hybridized carbons (Fsp3) is 0.643. The number of nitrogens with two attached hydrogens (primary N) is 1. The zero-order chi connectivity index (χ0) is 13.1. The van der Waals surface area contributed by atoms with Crippen LogP contribution in [0.5, 0.6) is 0 Å². The monoisotopic (exact) mass is 251 g/mol. The molecule has 2 heterocycles. The molecular formula is C14H22FN3. The summed E-state index contributed by atoms with van der Waals surface area (Å²) in [6.07, 6.45) is 3.67. The smallest absolute Gasteiger partial charge is 0.141 e. The van der Waals surface area contributed by atoms with Crippen molar-refractivity contribution >= 4 is 0 Å². The number of piperidine rings is 1. The SMILES string of the molecule is CC1CCC(CN)CN1C(C)c1ccc(F)cn1. The lowest BCUT2D eigenvalue weighted by Gasteiger charge is -2.41. The van der Waals surface area contributed by atoms with Crippen LogP contribution in [0, 0.1) is 11.7 Å². The van der Waals surface area contributed by atoms with Gasteiger partial charge in [0.2, 0.25) is 0 Å². The molecule has 3 nitrogen and oxygen atoms in total. The normalized spacial score (nSPS) is 27.1. The molecule has 0 radical (unpaired) electrons. The van der Waals surface area contributed by atoms with Crippen molar-refractivity contribution in [2.75, 3.05) is 13.1 Å². The van der Waals surface area contributed by atoms with Crippen molar-refractivity contribution < 1.29 is 4.39 Å². The van der Waals surface area contributed by atoms with Gasteiger partial charge >= 0.3 is 0 Å².